The molecule has 2 aromatic carbocycles. The number of nitriles is 1. The van der Waals surface area contributed by atoms with E-state index in [0.717, 1.165) is 5.56 Å². The third-order valence-corrected chi connectivity index (χ3v) is 6.79. The average Bonchev–Trinajstić information content (AvgIpc) is 2.86. The minimum atomic E-state index is -0.755. The number of ketones is 1. The number of hydrogen-bond acceptors (Lipinski definition) is 8. The van der Waals surface area contributed by atoms with Crippen molar-refractivity contribution in [2.45, 2.75) is 31.8 Å². The monoisotopic (exact) mass is 586 g/mol. The zero-order valence-corrected chi connectivity index (χ0v) is 21.4. The number of carbonyl (C=O) groups is 2. The van der Waals surface area contributed by atoms with Crippen LogP contribution < -0.4 is 15.2 Å². The van der Waals surface area contributed by atoms with E-state index in [4.69, 9.17) is 24.7 Å². The van der Waals surface area contributed by atoms with Crippen molar-refractivity contribution >= 4 is 34.3 Å². The summed E-state index contributed by atoms with van der Waals surface area (Å²) in [7, 11) is 2.77. The van der Waals surface area contributed by atoms with Crippen LogP contribution in [0, 0.1) is 14.9 Å². The molecule has 1 aliphatic carbocycles. The summed E-state index contributed by atoms with van der Waals surface area (Å²) in [6.45, 7) is 0.167. The van der Waals surface area contributed by atoms with Gasteiger partial charge in [-0.25, -0.2) is 4.79 Å². The molecule has 0 aromatic heterocycles. The largest absolute Gasteiger partial charge is 0.493 e. The Balaban J connectivity index is 1.78. The van der Waals surface area contributed by atoms with Crippen LogP contribution in [0.1, 0.15) is 41.9 Å². The maximum absolute atomic E-state index is 13.0. The Labute approximate surface area is 216 Å². The molecule has 1 heterocycles. The topological polar surface area (TPSA) is 121 Å². The highest BCUT2D eigenvalue weighted by atomic mass is 127. The number of Topliss-reactive ketones (excluding diaryl/α,β-unsaturated/α-hetero) is 1. The van der Waals surface area contributed by atoms with Gasteiger partial charge in [0.1, 0.15) is 17.9 Å². The van der Waals surface area contributed by atoms with Crippen molar-refractivity contribution in [3.8, 4) is 17.6 Å². The zero-order valence-electron chi connectivity index (χ0n) is 19.2. The Morgan fingerprint density at radius 2 is 2.03 bits per heavy atom. The van der Waals surface area contributed by atoms with E-state index < -0.39 is 11.9 Å². The molecule has 0 amide bonds. The first-order valence-corrected chi connectivity index (χ1v) is 12.0. The maximum atomic E-state index is 13.0. The van der Waals surface area contributed by atoms with Crippen LogP contribution in [0.4, 0.5) is 0 Å². The van der Waals surface area contributed by atoms with Gasteiger partial charge < -0.3 is 24.7 Å². The van der Waals surface area contributed by atoms with E-state index in [1.807, 2.05) is 18.2 Å². The molecular weight excluding hydrogens is 563 g/mol. The number of halogens is 1. The summed E-state index contributed by atoms with van der Waals surface area (Å²) < 4.78 is 23.1. The number of methoxy groups -OCH3 is 2. The van der Waals surface area contributed by atoms with E-state index in [-0.39, 0.29) is 23.8 Å². The molecule has 0 radical (unpaired) electrons. The molecule has 35 heavy (non-hydrogen) atoms. The van der Waals surface area contributed by atoms with E-state index in [1.165, 1.54) is 14.2 Å². The van der Waals surface area contributed by atoms with Crippen molar-refractivity contribution in [3.05, 3.63) is 79.4 Å². The van der Waals surface area contributed by atoms with Gasteiger partial charge in [0.2, 0.25) is 5.88 Å². The summed E-state index contributed by atoms with van der Waals surface area (Å²) in [5, 5.41) is 9.35. The number of ether oxygens (including phenoxy) is 4. The second kappa shape index (κ2) is 10.4. The average molecular weight is 586 g/mol. The molecule has 8 nitrogen and oxygen atoms in total. The van der Waals surface area contributed by atoms with Crippen LogP contribution in [0.15, 0.2) is 59.2 Å². The summed E-state index contributed by atoms with van der Waals surface area (Å²) in [5.41, 5.74) is 8.54. The first kappa shape index (κ1) is 24.6. The number of carbonyl (C=O) groups excluding carboxylic acids is 2. The highest BCUT2D eigenvalue weighted by Crippen LogP contribution is 2.46. The molecule has 1 aliphatic heterocycles. The lowest BCUT2D eigenvalue weighted by molar-refractivity contribution is -0.136. The van der Waals surface area contributed by atoms with Crippen LogP contribution in [0.3, 0.4) is 0 Å². The van der Waals surface area contributed by atoms with E-state index in [0.29, 0.717) is 56.8 Å². The second-order valence-electron chi connectivity index (χ2n) is 8.01. The SMILES string of the molecule is COC(=O)C1=C(N)OC2=C(C(=O)CCC2)[C@@H]1c1cc(I)c(OCc2ccccc2C#N)c(OC)c1. The van der Waals surface area contributed by atoms with Gasteiger partial charge in [-0.15, -0.1) is 0 Å². The molecule has 1 atom stereocenters. The highest BCUT2D eigenvalue weighted by molar-refractivity contribution is 14.1. The molecule has 0 unspecified atom stereocenters. The summed E-state index contributed by atoms with van der Waals surface area (Å²) in [6.07, 6.45) is 1.57. The van der Waals surface area contributed by atoms with Gasteiger partial charge in [-0.3, -0.25) is 4.79 Å². The number of esters is 1. The van der Waals surface area contributed by atoms with Gasteiger partial charge in [-0.2, -0.15) is 5.26 Å². The van der Waals surface area contributed by atoms with Crippen LogP contribution in [0.2, 0.25) is 0 Å². The van der Waals surface area contributed by atoms with Gasteiger partial charge >= 0.3 is 5.97 Å². The smallest absolute Gasteiger partial charge is 0.340 e. The Morgan fingerprint density at radius 1 is 1.26 bits per heavy atom. The molecule has 2 aromatic rings. The van der Waals surface area contributed by atoms with Gasteiger partial charge in [-0.1, -0.05) is 18.2 Å². The number of allylic oxidation sites excluding steroid dienone is 2. The first-order valence-electron chi connectivity index (χ1n) is 10.9. The van der Waals surface area contributed by atoms with Crippen LogP contribution in [-0.2, 0) is 25.7 Å². The molecule has 4 rings (SSSR count). The lowest BCUT2D eigenvalue weighted by Crippen LogP contribution is -2.31. The minimum absolute atomic E-state index is 0.0716. The van der Waals surface area contributed by atoms with Crippen LogP contribution in [0.5, 0.6) is 11.5 Å². The van der Waals surface area contributed by atoms with Crippen LogP contribution in [0.25, 0.3) is 0 Å². The molecule has 2 N–H and O–H groups in total. The number of hydrogen-bond donors (Lipinski definition) is 1. The number of rotatable bonds is 6. The van der Waals surface area contributed by atoms with E-state index in [1.54, 1.807) is 18.2 Å². The fourth-order valence-electron chi connectivity index (χ4n) is 4.35. The molecule has 0 fully saturated rings. The van der Waals surface area contributed by atoms with Crippen molar-refractivity contribution in [2.24, 2.45) is 5.73 Å². The van der Waals surface area contributed by atoms with E-state index in [9.17, 15) is 14.9 Å². The lowest BCUT2D eigenvalue weighted by atomic mass is 9.77. The quantitative estimate of drug-likeness (QED) is 0.395. The van der Waals surface area contributed by atoms with Gasteiger partial charge in [0.15, 0.2) is 17.3 Å². The van der Waals surface area contributed by atoms with Crippen molar-refractivity contribution < 1.29 is 28.5 Å². The lowest BCUT2D eigenvalue weighted by Gasteiger charge is -2.32. The number of nitrogens with two attached hydrogens (primary N) is 1. The van der Waals surface area contributed by atoms with Crippen molar-refractivity contribution in [3.63, 3.8) is 0 Å². The van der Waals surface area contributed by atoms with Crippen LogP contribution >= 0.6 is 22.6 Å². The molecular formula is C26H23IN2O6. The number of nitrogens with zero attached hydrogens (tertiary/aromatic N) is 1. The molecule has 9 heteroatoms. The van der Waals surface area contributed by atoms with E-state index >= 15 is 0 Å². The zero-order chi connectivity index (χ0) is 25.1. The summed E-state index contributed by atoms with van der Waals surface area (Å²) in [4.78, 5) is 25.7. The highest BCUT2D eigenvalue weighted by Gasteiger charge is 2.41. The molecule has 0 saturated carbocycles. The summed E-state index contributed by atoms with van der Waals surface area (Å²) >= 11 is 2.12. The van der Waals surface area contributed by atoms with Crippen molar-refractivity contribution in [2.75, 3.05) is 14.2 Å². The van der Waals surface area contributed by atoms with Gasteiger partial charge in [0.25, 0.3) is 0 Å². The second-order valence-corrected chi connectivity index (χ2v) is 9.17. The Kier molecular flexibility index (Phi) is 7.31. The fourth-order valence-corrected chi connectivity index (χ4v) is 5.13. The first-order chi connectivity index (χ1) is 16.9. The van der Waals surface area contributed by atoms with Crippen LogP contribution in [-0.4, -0.2) is 26.0 Å². The van der Waals surface area contributed by atoms with E-state index in [2.05, 4.69) is 28.7 Å². The van der Waals surface area contributed by atoms with Gasteiger partial charge in [-0.05, 0) is 52.8 Å². The van der Waals surface area contributed by atoms with Gasteiger partial charge in [0.05, 0.1) is 35.3 Å². The molecule has 180 valence electrons. The summed E-state index contributed by atoms with van der Waals surface area (Å²) in [5.74, 6) is -0.197. The Hall–Kier alpha value is -3.52. The third kappa shape index (κ3) is 4.71. The van der Waals surface area contributed by atoms with Crippen molar-refractivity contribution in [1.29, 1.82) is 5.26 Å². The fraction of sp³-hybridized carbons (Fsp3) is 0.269. The predicted molar refractivity (Wildman–Crippen MR) is 134 cm³/mol. The Bertz CT molecular complexity index is 1310. The standard InChI is InChI=1S/C26H23IN2O6/c1-32-20-11-16(10-17(27)24(20)34-13-15-7-4-3-6-14(15)12-28)21-22-18(30)8-5-9-19(22)35-25(29)23(21)26(31)33-2/h3-4,6-7,10-11,21H,5,8-9,13,29H2,1-2H3/t21-/m0/s1. The molecule has 0 saturated heterocycles. The van der Waals surface area contributed by atoms with Gasteiger partial charge in [0, 0.05) is 24.0 Å². The molecule has 0 bridgehead atoms. The van der Waals surface area contributed by atoms with Crippen molar-refractivity contribution in [1.82, 2.24) is 0 Å². The maximum Gasteiger partial charge on any atom is 0.340 e. The Morgan fingerprint density at radius 3 is 2.74 bits per heavy atom. The number of benzene rings is 2. The molecule has 0 spiro atoms. The predicted octanol–water partition coefficient (Wildman–Crippen LogP) is 4.21. The summed E-state index contributed by atoms with van der Waals surface area (Å²) in [6, 6.07) is 12.9. The minimum Gasteiger partial charge on any atom is -0.493 e. The normalized spacial score (nSPS) is 17.3. The third-order valence-electron chi connectivity index (χ3n) is 5.98. The molecule has 2 aliphatic rings.